The smallest absolute Gasteiger partial charge is 0.344 e. The van der Waals surface area contributed by atoms with Gasteiger partial charge in [0.05, 0.1) is 12.2 Å². The first kappa shape index (κ1) is 27.9. The average Bonchev–Trinajstić information content (AvgIpc) is 3.15. The van der Waals surface area contributed by atoms with E-state index in [4.69, 9.17) is 9.47 Å². The topological polar surface area (TPSA) is 93.1 Å². The molecule has 0 heterocycles. The molecule has 36 heavy (non-hydrogen) atoms. The molecule has 3 unspecified atom stereocenters. The van der Waals surface area contributed by atoms with Crippen molar-refractivity contribution < 1.29 is 29.3 Å². The fourth-order valence-electron chi connectivity index (χ4n) is 9.29. The maximum Gasteiger partial charge on any atom is 0.344 e. The summed E-state index contributed by atoms with van der Waals surface area (Å²) < 4.78 is 10.4. The third-order valence-electron chi connectivity index (χ3n) is 11.1. The number of aliphatic hydroxyl groups excluding tert-OH is 2. The van der Waals surface area contributed by atoms with Gasteiger partial charge in [-0.05, 0) is 125 Å². The molecule has 2 N–H and O–H groups in total. The van der Waals surface area contributed by atoms with Gasteiger partial charge in [0.25, 0.3) is 0 Å². The van der Waals surface area contributed by atoms with Crippen LogP contribution < -0.4 is 0 Å². The minimum Gasteiger partial charge on any atom is -0.457 e. The third-order valence-corrected chi connectivity index (χ3v) is 11.1. The number of hydrogen-bond acceptors (Lipinski definition) is 6. The Morgan fingerprint density at radius 2 is 1.69 bits per heavy atom. The molecule has 6 nitrogen and oxygen atoms in total. The van der Waals surface area contributed by atoms with Crippen LogP contribution in [0.2, 0.25) is 0 Å². The molecule has 0 radical (unpaired) electrons. The van der Waals surface area contributed by atoms with E-state index >= 15 is 0 Å². The molecule has 10 atom stereocenters. The third kappa shape index (κ3) is 5.23. The first-order chi connectivity index (χ1) is 16.8. The predicted molar refractivity (Wildman–Crippen MR) is 138 cm³/mol. The van der Waals surface area contributed by atoms with E-state index in [0.717, 1.165) is 38.5 Å². The molecular weight excluding hydrogens is 456 g/mol. The number of esters is 2. The molecule has 4 rings (SSSR count). The van der Waals surface area contributed by atoms with Gasteiger partial charge in [0.1, 0.15) is 5.60 Å². The fraction of sp³-hybridized carbons (Fsp3) is 0.933. The molecule has 0 spiro atoms. The number of rotatable bonds is 6. The lowest BCUT2D eigenvalue weighted by Gasteiger charge is -2.62. The Bertz CT molecular complexity index is 819. The lowest BCUT2D eigenvalue weighted by Crippen LogP contribution is -2.58. The average molecular weight is 507 g/mol. The van der Waals surface area contributed by atoms with Gasteiger partial charge in [0.15, 0.2) is 6.61 Å². The first-order valence-electron chi connectivity index (χ1n) is 14.5. The summed E-state index contributed by atoms with van der Waals surface area (Å²) in [6.45, 7) is 12.0. The molecule has 0 aliphatic heterocycles. The molecule has 0 aromatic carbocycles. The SMILES string of the molecule is C[C@H](CCC(=O)OCC(=O)OC(C)(C)C)[C@H]1CC[C@H]2[C@@H]3CCC4CC(O)CC[C@]4(C)[C@H]3CC(O)[C@]12C. The summed E-state index contributed by atoms with van der Waals surface area (Å²) in [5.41, 5.74) is -0.467. The minimum atomic E-state index is -0.596. The molecule has 0 aromatic rings. The highest BCUT2D eigenvalue weighted by atomic mass is 16.6. The number of ether oxygens (including phenoxy) is 2. The van der Waals surface area contributed by atoms with E-state index in [1.54, 1.807) is 20.8 Å². The van der Waals surface area contributed by atoms with Gasteiger partial charge < -0.3 is 19.7 Å². The Kier molecular flexibility index (Phi) is 7.90. The van der Waals surface area contributed by atoms with Crippen molar-refractivity contribution in [2.45, 2.75) is 124 Å². The number of fused-ring (bicyclic) bond motifs is 5. The summed E-state index contributed by atoms with van der Waals surface area (Å²) in [6, 6.07) is 0. The zero-order chi connectivity index (χ0) is 26.5. The summed E-state index contributed by atoms with van der Waals surface area (Å²) in [6.07, 6.45) is 9.02. The van der Waals surface area contributed by atoms with Gasteiger partial charge in [0, 0.05) is 6.42 Å². The number of aliphatic hydroxyl groups is 2. The van der Waals surface area contributed by atoms with Crippen LogP contribution in [0.15, 0.2) is 0 Å². The second kappa shape index (κ2) is 10.2. The number of carbonyl (C=O) groups excluding carboxylic acids is 2. The van der Waals surface area contributed by atoms with Gasteiger partial charge in [-0.15, -0.1) is 0 Å². The molecule has 0 amide bonds. The van der Waals surface area contributed by atoms with Crippen molar-refractivity contribution in [3.8, 4) is 0 Å². The second-order valence-corrected chi connectivity index (χ2v) is 14.1. The maximum absolute atomic E-state index is 12.3. The van der Waals surface area contributed by atoms with Crippen molar-refractivity contribution in [3.63, 3.8) is 0 Å². The van der Waals surface area contributed by atoms with Crippen LogP contribution in [0, 0.1) is 46.3 Å². The van der Waals surface area contributed by atoms with Crippen molar-refractivity contribution >= 4 is 11.9 Å². The van der Waals surface area contributed by atoms with Crippen LogP contribution in [0.4, 0.5) is 0 Å². The highest BCUT2D eigenvalue weighted by Gasteiger charge is 2.63. The van der Waals surface area contributed by atoms with E-state index in [1.165, 1.54) is 12.8 Å². The van der Waals surface area contributed by atoms with Gasteiger partial charge in [-0.25, -0.2) is 4.79 Å². The molecule has 4 fully saturated rings. The van der Waals surface area contributed by atoms with E-state index < -0.39 is 11.6 Å². The molecule has 0 bridgehead atoms. The molecule has 6 heteroatoms. The first-order valence-corrected chi connectivity index (χ1v) is 14.5. The predicted octanol–water partition coefficient (Wildman–Crippen LogP) is 5.28. The molecule has 4 saturated carbocycles. The van der Waals surface area contributed by atoms with Crippen molar-refractivity contribution in [3.05, 3.63) is 0 Å². The van der Waals surface area contributed by atoms with Crippen molar-refractivity contribution in [2.24, 2.45) is 46.3 Å². The van der Waals surface area contributed by atoms with Gasteiger partial charge in [-0.1, -0.05) is 20.8 Å². The van der Waals surface area contributed by atoms with E-state index in [-0.39, 0.29) is 42.0 Å². The lowest BCUT2D eigenvalue weighted by molar-refractivity contribution is -0.175. The van der Waals surface area contributed by atoms with Crippen LogP contribution in [0.3, 0.4) is 0 Å². The van der Waals surface area contributed by atoms with Crippen LogP contribution in [0.5, 0.6) is 0 Å². The van der Waals surface area contributed by atoms with Crippen molar-refractivity contribution in [2.75, 3.05) is 6.61 Å². The molecule has 4 aliphatic rings. The quantitative estimate of drug-likeness (QED) is 0.476. The molecule has 4 aliphatic carbocycles. The normalized spacial score (nSPS) is 43.1. The Hall–Kier alpha value is -1.14. The van der Waals surface area contributed by atoms with Crippen LogP contribution >= 0.6 is 0 Å². The van der Waals surface area contributed by atoms with Crippen LogP contribution in [0.25, 0.3) is 0 Å². The summed E-state index contributed by atoms with van der Waals surface area (Å²) >= 11 is 0. The Morgan fingerprint density at radius 1 is 0.972 bits per heavy atom. The van der Waals surface area contributed by atoms with Crippen molar-refractivity contribution in [1.82, 2.24) is 0 Å². The fourth-order valence-corrected chi connectivity index (χ4v) is 9.29. The van der Waals surface area contributed by atoms with Gasteiger partial charge in [-0.2, -0.15) is 0 Å². The monoisotopic (exact) mass is 506 g/mol. The van der Waals surface area contributed by atoms with Crippen LogP contribution in [0.1, 0.15) is 106 Å². The Morgan fingerprint density at radius 3 is 2.39 bits per heavy atom. The highest BCUT2D eigenvalue weighted by molar-refractivity contribution is 5.76. The molecular formula is C30H50O6. The van der Waals surface area contributed by atoms with Gasteiger partial charge >= 0.3 is 11.9 Å². The zero-order valence-electron chi connectivity index (χ0n) is 23.4. The highest BCUT2D eigenvalue weighted by Crippen LogP contribution is 2.68. The summed E-state index contributed by atoms with van der Waals surface area (Å²) in [7, 11) is 0. The van der Waals surface area contributed by atoms with Crippen molar-refractivity contribution in [1.29, 1.82) is 0 Å². The van der Waals surface area contributed by atoms with Crippen LogP contribution in [-0.4, -0.2) is 46.6 Å². The summed E-state index contributed by atoms with van der Waals surface area (Å²) in [5, 5.41) is 22.0. The number of carbonyl (C=O) groups is 2. The molecule has 0 saturated heterocycles. The summed E-state index contributed by atoms with van der Waals surface area (Å²) in [4.78, 5) is 24.2. The Balaban J connectivity index is 1.36. The van der Waals surface area contributed by atoms with Gasteiger partial charge in [-0.3, -0.25) is 4.79 Å². The van der Waals surface area contributed by atoms with E-state index in [0.29, 0.717) is 41.9 Å². The van der Waals surface area contributed by atoms with Crippen LogP contribution in [-0.2, 0) is 19.1 Å². The molecule has 206 valence electrons. The Labute approximate surface area is 217 Å². The lowest BCUT2D eigenvalue weighted by atomic mass is 9.43. The summed E-state index contributed by atoms with van der Waals surface area (Å²) in [5.74, 6) is 2.13. The van der Waals surface area contributed by atoms with E-state index in [1.807, 2.05) is 0 Å². The van der Waals surface area contributed by atoms with E-state index in [9.17, 15) is 19.8 Å². The second-order valence-electron chi connectivity index (χ2n) is 14.1. The minimum absolute atomic E-state index is 0.113. The maximum atomic E-state index is 12.3. The largest absolute Gasteiger partial charge is 0.457 e. The van der Waals surface area contributed by atoms with E-state index in [2.05, 4.69) is 20.8 Å². The molecule has 0 aromatic heterocycles. The zero-order valence-corrected chi connectivity index (χ0v) is 23.4. The standard InChI is InChI=1S/C30H50O6/c1-18(7-12-26(33)35-17-27(34)36-28(2,3)4)22-10-11-23-21-9-8-19-15-20(31)13-14-29(19,5)24(21)16-25(32)30(22,23)6/h18-25,31-32H,7-17H2,1-6H3/t18-,19?,20?,21+,22-,23+,24+,25?,29+,30-/m1/s1. The number of hydrogen-bond donors (Lipinski definition) is 2. The van der Waals surface area contributed by atoms with Gasteiger partial charge in [0.2, 0.25) is 0 Å².